The molecule has 0 spiro atoms. The number of para-hydroxylation sites is 1. The van der Waals surface area contributed by atoms with Crippen LogP contribution in [0.25, 0.3) is 0 Å². The third-order valence-corrected chi connectivity index (χ3v) is 6.57. The van der Waals surface area contributed by atoms with E-state index in [9.17, 15) is 4.79 Å². The normalized spacial score (nSPS) is 10.7. The van der Waals surface area contributed by atoms with Crippen molar-refractivity contribution in [2.75, 3.05) is 17.6 Å². The summed E-state index contributed by atoms with van der Waals surface area (Å²) in [5, 5.41) is 16.0. The van der Waals surface area contributed by atoms with Crippen LogP contribution in [0.1, 0.15) is 9.75 Å². The van der Waals surface area contributed by atoms with Gasteiger partial charge in [0, 0.05) is 4.90 Å². The highest BCUT2D eigenvalue weighted by molar-refractivity contribution is 7.99. The third kappa shape index (κ3) is 6.22. The minimum atomic E-state index is -0.0110. The van der Waals surface area contributed by atoms with Crippen molar-refractivity contribution in [1.29, 1.82) is 5.26 Å². The molecule has 3 rings (SSSR count). The van der Waals surface area contributed by atoms with Crippen LogP contribution in [0, 0.1) is 11.3 Å². The summed E-state index contributed by atoms with van der Waals surface area (Å²) in [6.45, 7) is 2.05. The van der Waals surface area contributed by atoms with Crippen LogP contribution in [0.15, 0.2) is 64.2 Å². The van der Waals surface area contributed by atoms with Gasteiger partial charge in [0.15, 0.2) is 6.54 Å². The minimum absolute atomic E-state index is 0.0110. The molecule has 4 nitrogen and oxygen atoms in total. The van der Waals surface area contributed by atoms with Gasteiger partial charge in [-0.15, -0.1) is 34.4 Å². The maximum atomic E-state index is 12.7. The summed E-state index contributed by atoms with van der Waals surface area (Å²) in [4.78, 5) is 17.4. The lowest BCUT2D eigenvalue weighted by molar-refractivity contribution is -0.918. The number of thioether (sulfide) groups is 1. The molecule has 0 aliphatic heterocycles. The van der Waals surface area contributed by atoms with Gasteiger partial charge in [0.05, 0.1) is 27.3 Å². The van der Waals surface area contributed by atoms with Crippen LogP contribution in [0.3, 0.4) is 0 Å². The number of amides is 1. The van der Waals surface area contributed by atoms with Crippen molar-refractivity contribution in [3.8, 4) is 6.07 Å². The number of anilines is 1. The Morgan fingerprint density at radius 2 is 1.70 bits per heavy atom. The molecule has 3 aromatic rings. The standard InChI is InChI=1S/C20H19N3OS3/c21-9-12-27-19-8-2-1-7-18(19)22-20(24)15-23(13-16-5-3-10-25-16)14-17-6-4-11-26-17/h1-8,10-11H,12-15H2,(H,22,24)/p+1. The number of quaternary nitrogens is 1. The highest BCUT2D eigenvalue weighted by Crippen LogP contribution is 2.26. The molecule has 0 saturated carbocycles. The van der Waals surface area contributed by atoms with Crippen LogP contribution in [-0.4, -0.2) is 18.2 Å². The van der Waals surface area contributed by atoms with Crippen LogP contribution in [-0.2, 0) is 17.9 Å². The van der Waals surface area contributed by atoms with Gasteiger partial charge < -0.3 is 10.2 Å². The molecule has 0 saturated heterocycles. The van der Waals surface area contributed by atoms with Gasteiger partial charge in [0.1, 0.15) is 13.1 Å². The van der Waals surface area contributed by atoms with E-state index in [0.717, 1.165) is 23.7 Å². The predicted octanol–water partition coefficient (Wildman–Crippen LogP) is 3.65. The molecule has 0 aliphatic rings. The first-order valence-corrected chi connectivity index (χ1v) is 11.3. The molecule has 0 fully saturated rings. The predicted molar refractivity (Wildman–Crippen MR) is 113 cm³/mol. The molecule has 27 heavy (non-hydrogen) atoms. The van der Waals surface area contributed by atoms with Crippen molar-refractivity contribution >= 4 is 46.0 Å². The number of thiophene rings is 2. The molecular formula is C20H20N3OS3+. The van der Waals surface area contributed by atoms with Crippen LogP contribution in [0.5, 0.6) is 0 Å². The maximum Gasteiger partial charge on any atom is 0.279 e. The summed E-state index contributed by atoms with van der Waals surface area (Å²) in [7, 11) is 0. The van der Waals surface area contributed by atoms with Crippen LogP contribution in [0.4, 0.5) is 5.69 Å². The monoisotopic (exact) mass is 414 g/mol. The van der Waals surface area contributed by atoms with Crippen molar-refractivity contribution < 1.29 is 9.69 Å². The molecule has 0 atom stereocenters. The van der Waals surface area contributed by atoms with E-state index >= 15 is 0 Å². The number of nitriles is 1. The highest BCUT2D eigenvalue weighted by Gasteiger charge is 2.18. The first kappa shape index (κ1) is 19.6. The summed E-state index contributed by atoms with van der Waals surface area (Å²) in [5.74, 6) is 0.351. The zero-order valence-electron chi connectivity index (χ0n) is 14.7. The lowest BCUT2D eigenvalue weighted by Gasteiger charge is -2.18. The van der Waals surface area contributed by atoms with Crippen LogP contribution in [0.2, 0.25) is 0 Å². The smallest absolute Gasteiger partial charge is 0.279 e. The fourth-order valence-corrected chi connectivity index (χ4v) is 4.96. The second kappa shape index (κ2) is 10.3. The molecule has 0 radical (unpaired) electrons. The van der Waals surface area contributed by atoms with Crippen molar-refractivity contribution in [1.82, 2.24) is 0 Å². The molecule has 138 valence electrons. The van der Waals surface area contributed by atoms with Crippen molar-refractivity contribution in [2.45, 2.75) is 18.0 Å². The van der Waals surface area contributed by atoms with Gasteiger partial charge in [0.2, 0.25) is 0 Å². The average molecular weight is 415 g/mol. The molecule has 2 aromatic heterocycles. The summed E-state index contributed by atoms with van der Waals surface area (Å²) >= 11 is 4.88. The second-order valence-corrected chi connectivity index (χ2v) is 9.01. The second-order valence-electron chi connectivity index (χ2n) is 5.93. The molecule has 7 heteroatoms. The zero-order chi connectivity index (χ0) is 18.9. The quantitative estimate of drug-likeness (QED) is 0.526. The van der Waals surface area contributed by atoms with E-state index in [-0.39, 0.29) is 5.91 Å². The van der Waals surface area contributed by atoms with E-state index in [1.54, 1.807) is 22.7 Å². The zero-order valence-corrected chi connectivity index (χ0v) is 17.1. The van der Waals surface area contributed by atoms with Gasteiger partial charge in [0.25, 0.3) is 5.91 Å². The molecule has 1 aromatic carbocycles. The molecule has 0 aliphatic carbocycles. The number of hydrogen-bond acceptors (Lipinski definition) is 5. The summed E-state index contributed by atoms with van der Waals surface area (Å²) in [5.41, 5.74) is 0.773. The number of hydrogen-bond donors (Lipinski definition) is 2. The van der Waals surface area contributed by atoms with E-state index in [4.69, 9.17) is 5.26 Å². The number of benzene rings is 1. The van der Waals surface area contributed by atoms with Crippen molar-refractivity contribution in [3.05, 3.63) is 69.0 Å². The van der Waals surface area contributed by atoms with E-state index in [1.165, 1.54) is 26.4 Å². The Balaban J connectivity index is 1.66. The Hall–Kier alpha value is -2.11. The summed E-state index contributed by atoms with van der Waals surface area (Å²) in [6, 6.07) is 18.1. The Morgan fingerprint density at radius 1 is 1.04 bits per heavy atom. The minimum Gasteiger partial charge on any atom is -0.320 e. The summed E-state index contributed by atoms with van der Waals surface area (Å²) in [6.07, 6.45) is 0. The largest absolute Gasteiger partial charge is 0.320 e. The average Bonchev–Trinajstić information content (AvgIpc) is 3.35. The fraction of sp³-hybridized carbons (Fsp3) is 0.200. The van der Waals surface area contributed by atoms with Crippen molar-refractivity contribution in [3.63, 3.8) is 0 Å². The van der Waals surface area contributed by atoms with Crippen LogP contribution < -0.4 is 10.2 Å². The lowest BCUT2D eigenvalue weighted by atomic mass is 10.3. The number of rotatable bonds is 9. The molecule has 2 N–H and O–H groups in total. The van der Waals surface area contributed by atoms with Gasteiger partial charge in [-0.05, 0) is 35.0 Å². The third-order valence-electron chi connectivity index (χ3n) is 3.87. The van der Waals surface area contributed by atoms with E-state index < -0.39 is 0 Å². The number of nitrogens with one attached hydrogen (secondary N) is 2. The number of nitrogens with zero attached hydrogens (tertiary/aromatic N) is 1. The molecule has 0 unspecified atom stereocenters. The topological polar surface area (TPSA) is 57.3 Å². The van der Waals surface area contributed by atoms with Gasteiger partial charge >= 0.3 is 0 Å². The molecular weight excluding hydrogens is 394 g/mol. The highest BCUT2D eigenvalue weighted by atomic mass is 32.2. The van der Waals surface area contributed by atoms with Gasteiger partial charge in [-0.25, -0.2) is 0 Å². The Labute approximate surface area is 171 Å². The van der Waals surface area contributed by atoms with Gasteiger partial charge in [-0.3, -0.25) is 4.79 Å². The Morgan fingerprint density at radius 3 is 2.30 bits per heavy atom. The van der Waals surface area contributed by atoms with Crippen molar-refractivity contribution in [2.24, 2.45) is 0 Å². The fourth-order valence-electron chi connectivity index (χ4n) is 2.73. The van der Waals surface area contributed by atoms with Gasteiger partial charge in [-0.2, -0.15) is 5.26 Å². The SMILES string of the molecule is N#CCSc1ccccc1NC(=O)C[NH+](Cc1cccs1)Cc1cccs1. The Kier molecular flexibility index (Phi) is 7.48. The van der Waals surface area contributed by atoms with E-state index in [0.29, 0.717) is 12.3 Å². The maximum absolute atomic E-state index is 12.7. The molecule has 1 amide bonds. The molecule has 2 heterocycles. The first-order chi connectivity index (χ1) is 13.2. The molecule has 0 bridgehead atoms. The van der Waals surface area contributed by atoms with Gasteiger partial charge in [-0.1, -0.05) is 24.3 Å². The number of carbonyl (C=O) groups excluding carboxylic acids is 1. The number of carbonyl (C=O) groups is 1. The Bertz CT molecular complexity index is 849. The van der Waals surface area contributed by atoms with Crippen LogP contribution >= 0.6 is 34.4 Å². The lowest BCUT2D eigenvalue weighted by Crippen LogP contribution is -3.10. The van der Waals surface area contributed by atoms with E-state index in [2.05, 4.69) is 34.3 Å². The summed E-state index contributed by atoms with van der Waals surface area (Å²) < 4.78 is 0. The van der Waals surface area contributed by atoms with E-state index in [1.807, 2.05) is 36.4 Å². The first-order valence-electron chi connectivity index (χ1n) is 8.51.